The van der Waals surface area contributed by atoms with Gasteiger partial charge in [0.05, 0.1) is 13.2 Å². The lowest BCUT2D eigenvalue weighted by atomic mass is 9.94. The Bertz CT molecular complexity index is 426. The van der Waals surface area contributed by atoms with Gasteiger partial charge in [-0.2, -0.15) is 0 Å². The quantitative estimate of drug-likeness (QED) is 0.769. The number of hydrogen-bond donors (Lipinski definition) is 1. The normalized spacial score (nSPS) is 18.4. The second-order valence-corrected chi connectivity index (χ2v) is 4.86. The average Bonchev–Trinajstić information content (AvgIpc) is 3.12. The average molecular weight is 251 g/mol. The van der Waals surface area contributed by atoms with Crippen LogP contribution in [-0.4, -0.2) is 27.7 Å². The van der Waals surface area contributed by atoms with Crippen LogP contribution in [0.15, 0.2) is 12.4 Å². The first kappa shape index (κ1) is 13.1. The maximum absolute atomic E-state index is 12.1. The minimum atomic E-state index is -0.902. The molecule has 1 atom stereocenters. The third-order valence-electron chi connectivity index (χ3n) is 3.51. The Kier molecular flexibility index (Phi) is 3.71. The molecule has 0 bridgehead atoms. The van der Waals surface area contributed by atoms with Crippen molar-refractivity contribution in [1.82, 2.24) is 9.55 Å². The number of carbonyl (C=O) groups is 1. The molecule has 1 fully saturated rings. The van der Waals surface area contributed by atoms with Crippen LogP contribution in [0.1, 0.15) is 32.5 Å². The molecule has 0 amide bonds. The lowest BCUT2D eigenvalue weighted by Crippen LogP contribution is -2.54. The Morgan fingerprint density at radius 2 is 2.33 bits per heavy atom. The summed E-state index contributed by atoms with van der Waals surface area (Å²) in [6.07, 6.45) is 6.47. The number of ether oxygens (including phenoxy) is 1. The maximum atomic E-state index is 12.1. The van der Waals surface area contributed by atoms with E-state index in [1.165, 1.54) is 0 Å². The predicted molar refractivity (Wildman–Crippen MR) is 67.9 cm³/mol. The standard InChI is InChI=1S/C13H21N3O2/c1-3-11-15-7-8-16(11)9-13(14,10-5-6-10)12(17)18-4-2/h7-8,10H,3-6,9,14H2,1-2H3. The molecule has 0 aromatic carbocycles. The summed E-state index contributed by atoms with van der Waals surface area (Å²) in [5.41, 5.74) is 5.42. The first-order valence-electron chi connectivity index (χ1n) is 6.58. The van der Waals surface area contributed by atoms with E-state index in [1.54, 1.807) is 13.1 Å². The van der Waals surface area contributed by atoms with Gasteiger partial charge in [0, 0.05) is 18.8 Å². The topological polar surface area (TPSA) is 70.1 Å². The van der Waals surface area contributed by atoms with E-state index >= 15 is 0 Å². The van der Waals surface area contributed by atoms with Crippen LogP contribution in [-0.2, 0) is 22.5 Å². The molecule has 0 saturated heterocycles. The predicted octanol–water partition coefficient (Wildman–Crippen LogP) is 1.12. The maximum Gasteiger partial charge on any atom is 0.328 e. The van der Waals surface area contributed by atoms with E-state index in [-0.39, 0.29) is 11.9 Å². The van der Waals surface area contributed by atoms with Crippen molar-refractivity contribution >= 4 is 5.97 Å². The summed E-state index contributed by atoms with van der Waals surface area (Å²) in [6.45, 7) is 4.67. The molecule has 1 saturated carbocycles. The van der Waals surface area contributed by atoms with Crippen LogP contribution in [0.25, 0.3) is 0 Å². The molecule has 0 aliphatic heterocycles. The van der Waals surface area contributed by atoms with E-state index in [0.29, 0.717) is 13.2 Å². The molecule has 0 spiro atoms. The number of imidazole rings is 1. The zero-order valence-corrected chi connectivity index (χ0v) is 11.1. The number of nitrogens with two attached hydrogens (primary N) is 1. The van der Waals surface area contributed by atoms with Crippen molar-refractivity contribution in [3.8, 4) is 0 Å². The Morgan fingerprint density at radius 1 is 1.61 bits per heavy atom. The van der Waals surface area contributed by atoms with Gasteiger partial charge in [0.15, 0.2) is 0 Å². The van der Waals surface area contributed by atoms with Crippen molar-refractivity contribution in [3.05, 3.63) is 18.2 Å². The highest BCUT2D eigenvalue weighted by molar-refractivity contribution is 5.81. The second kappa shape index (κ2) is 5.10. The van der Waals surface area contributed by atoms with E-state index in [4.69, 9.17) is 10.5 Å². The molecule has 1 aromatic heterocycles. The van der Waals surface area contributed by atoms with Crippen LogP contribution in [0.3, 0.4) is 0 Å². The summed E-state index contributed by atoms with van der Waals surface area (Å²) in [7, 11) is 0. The van der Waals surface area contributed by atoms with Crippen molar-refractivity contribution < 1.29 is 9.53 Å². The molecule has 1 aromatic rings. The zero-order chi connectivity index (χ0) is 13.2. The number of carbonyl (C=O) groups excluding carboxylic acids is 1. The van der Waals surface area contributed by atoms with Crippen LogP contribution in [0, 0.1) is 5.92 Å². The van der Waals surface area contributed by atoms with E-state index in [0.717, 1.165) is 25.1 Å². The van der Waals surface area contributed by atoms with Crippen LogP contribution in [0.4, 0.5) is 0 Å². The minimum Gasteiger partial charge on any atom is -0.465 e. The molecule has 2 rings (SSSR count). The Morgan fingerprint density at radius 3 is 2.89 bits per heavy atom. The molecule has 1 aliphatic carbocycles. The summed E-state index contributed by atoms with van der Waals surface area (Å²) >= 11 is 0. The fourth-order valence-corrected chi connectivity index (χ4v) is 2.30. The number of aromatic nitrogens is 2. The first-order valence-corrected chi connectivity index (χ1v) is 6.58. The second-order valence-electron chi connectivity index (χ2n) is 4.86. The fourth-order valence-electron chi connectivity index (χ4n) is 2.30. The monoisotopic (exact) mass is 251 g/mol. The van der Waals surface area contributed by atoms with Crippen LogP contribution >= 0.6 is 0 Å². The van der Waals surface area contributed by atoms with Crippen LogP contribution in [0.2, 0.25) is 0 Å². The van der Waals surface area contributed by atoms with Gasteiger partial charge in [-0.25, -0.2) is 9.78 Å². The number of rotatable bonds is 6. The lowest BCUT2D eigenvalue weighted by molar-refractivity contribution is -0.151. The number of hydrogen-bond acceptors (Lipinski definition) is 4. The molecule has 0 radical (unpaired) electrons. The van der Waals surface area contributed by atoms with Crippen molar-refractivity contribution in [1.29, 1.82) is 0 Å². The van der Waals surface area contributed by atoms with Crippen molar-refractivity contribution in [3.63, 3.8) is 0 Å². The Hall–Kier alpha value is -1.36. The number of esters is 1. The SMILES string of the molecule is CCOC(=O)C(N)(Cn1ccnc1CC)C1CC1. The van der Waals surface area contributed by atoms with Crippen LogP contribution in [0.5, 0.6) is 0 Å². The lowest BCUT2D eigenvalue weighted by Gasteiger charge is -2.28. The summed E-state index contributed by atoms with van der Waals surface area (Å²) in [5.74, 6) is 0.904. The van der Waals surface area contributed by atoms with Gasteiger partial charge in [0.1, 0.15) is 11.4 Å². The smallest absolute Gasteiger partial charge is 0.328 e. The summed E-state index contributed by atoms with van der Waals surface area (Å²) < 4.78 is 7.10. The first-order chi connectivity index (χ1) is 8.61. The van der Waals surface area contributed by atoms with E-state index in [2.05, 4.69) is 4.98 Å². The van der Waals surface area contributed by atoms with Gasteiger partial charge in [-0.1, -0.05) is 6.92 Å². The molecule has 5 nitrogen and oxygen atoms in total. The highest BCUT2D eigenvalue weighted by Gasteiger charge is 2.49. The van der Waals surface area contributed by atoms with Crippen LogP contribution < -0.4 is 5.73 Å². The molecule has 1 unspecified atom stereocenters. The van der Waals surface area contributed by atoms with Gasteiger partial charge in [0.2, 0.25) is 0 Å². The van der Waals surface area contributed by atoms with Gasteiger partial charge in [-0.15, -0.1) is 0 Å². The summed E-state index contributed by atoms with van der Waals surface area (Å²) in [6, 6.07) is 0. The van der Waals surface area contributed by atoms with E-state index in [1.807, 2.05) is 17.7 Å². The van der Waals surface area contributed by atoms with E-state index in [9.17, 15) is 4.79 Å². The molecular weight excluding hydrogens is 230 g/mol. The van der Waals surface area contributed by atoms with Crippen molar-refractivity contribution in [2.24, 2.45) is 11.7 Å². The van der Waals surface area contributed by atoms with Gasteiger partial charge >= 0.3 is 5.97 Å². The Labute approximate surface area is 107 Å². The molecule has 2 N–H and O–H groups in total. The molecule has 5 heteroatoms. The molecule has 1 heterocycles. The highest BCUT2D eigenvalue weighted by Crippen LogP contribution is 2.40. The highest BCUT2D eigenvalue weighted by atomic mass is 16.5. The number of aryl methyl sites for hydroxylation is 1. The van der Waals surface area contributed by atoms with Gasteiger partial charge in [-0.3, -0.25) is 0 Å². The third-order valence-corrected chi connectivity index (χ3v) is 3.51. The summed E-state index contributed by atoms with van der Waals surface area (Å²) in [5, 5.41) is 0. The van der Waals surface area contributed by atoms with E-state index < -0.39 is 5.54 Å². The molecule has 1 aliphatic rings. The fraction of sp³-hybridized carbons (Fsp3) is 0.692. The molecule has 100 valence electrons. The summed E-state index contributed by atoms with van der Waals surface area (Å²) in [4.78, 5) is 16.4. The molecule has 18 heavy (non-hydrogen) atoms. The van der Waals surface area contributed by atoms with Crippen molar-refractivity contribution in [2.45, 2.75) is 45.2 Å². The van der Waals surface area contributed by atoms with Gasteiger partial charge < -0.3 is 15.0 Å². The molecular formula is C13H21N3O2. The zero-order valence-electron chi connectivity index (χ0n) is 11.1. The van der Waals surface area contributed by atoms with Crippen molar-refractivity contribution in [2.75, 3.05) is 6.61 Å². The van der Waals surface area contributed by atoms with Gasteiger partial charge in [-0.05, 0) is 25.7 Å². The van der Waals surface area contributed by atoms with Gasteiger partial charge in [0.25, 0.3) is 0 Å². The number of nitrogens with zero attached hydrogens (tertiary/aromatic N) is 2. The third kappa shape index (κ3) is 2.41. The minimum absolute atomic E-state index is 0.239. The largest absolute Gasteiger partial charge is 0.465 e. The Balaban J connectivity index is 2.18.